The van der Waals surface area contributed by atoms with Gasteiger partial charge in [0.1, 0.15) is 17.3 Å². The zero-order valence-electron chi connectivity index (χ0n) is 19.1. The van der Waals surface area contributed by atoms with E-state index in [-0.39, 0.29) is 5.69 Å². The van der Waals surface area contributed by atoms with E-state index in [4.69, 9.17) is 23.9 Å². The SMILES string of the molecule is COc1cc(OC)c(-c2nc(-c3ccccc3)c(-c3cc([N+](=O)[O-])ccc3OC)[nH]2)cc1OC. The number of rotatable bonds is 8. The molecular weight excluding hydrogens is 438 g/mol. The molecule has 9 nitrogen and oxygen atoms in total. The molecule has 0 saturated heterocycles. The molecule has 0 aliphatic rings. The van der Waals surface area contributed by atoms with Crippen molar-refractivity contribution >= 4 is 5.69 Å². The highest BCUT2D eigenvalue weighted by Crippen LogP contribution is 2.43. The quantitative estimate of drug-likeness (QED) is 0.278. The first-order chi connectivity index (χ1) is 16.5. The number of nitro benzene ring substituents is 1. The Bertz CT molecular complexity index is 1330. The van der Waals surface area contributed by atoms with Crippen LogP contribution in [-0.2, 0) is 0 Å². The Morgan fingerprint density at radius 1 is 0.765 bits per heavy atom. The van der Waals surface area contributed by atoms with E-state index < -0.39 is 4.92 Å². The number of ether oxygens (including phenoxy) is 4. The molecule has 4 rings (SSSR count). The highest BCUT2D eigenvalue weighted by Gasteiger charge is 2.23. The van der Waals surface area contributed by atoms with Crippen LogP contribution in [0.1, 0.15) is 0 Å². The topological polar surface area (TPSA) is 109 Å². The molecule has 0 aliphatic heterocycles. The molecule has 1 N–H and O–H groups in total. The molecule has 0 bridgehead atoms. The van der Waals surface area contributed by atoms with E-state index in [1.54, 1.807) is 39.5 Å². The minimum Gasteiger partial charge on any atom is -0.496 e. The van der Waals surface area contributed by atoms with Crippen molar-refractivity contribution in [1.29, 1.82) is 0 Å². The minimum atomic E-state index is -0.445. The van der Waals surface area contributed by atoms with Crippen LogP contribution in [0.15, 0.2) is 60.7 Å². The van der Waals surface area contributed by atoms with Gasteiger partial charge in [0.05, 0.1) is 50.3 Å². The maximum Gasteiger partial charge on any atom is 0.270 e. The second-order valence-corrected chi connectivity index (χ2v) is 7.22. The van der Waals surface area contributed by atoms with Crippen molar-refractivity contribution < 1.29 is 23.9 Å². The van der Waals surface area contributed by atoms with Crippen LogP contribution in [-0.4, -0.2) is 43.3 Å². The first-order valence-corrected chi connectivity index (χ1v) is 10.3. The number of nitrogens with zero attached hydrogens (tertiary/aromatic N) is 2. The van der Waals surface area contributed by atoms with E-state index >= 15 is 0 Å². The van der Waals surface area contributed by atoms with Crippen LogP contribution in [0.2, 0.25) is 0 Å². The van der Waals surface area contributed by atoms with E-state index in [1.165, 1.54) is 19.2 Å². The predicted octanol–water partition coefficient (Wildman–Crippen LogP) is 5.35. The van der Waals surface area contributed by atoms with Crippen LogP contribution in [0, 0.1) is 10.1 Å². The third-order valence-corrected chi connectivity index (χ3v) is 5.38. The fourth-order valence-electron chi connectivity index (χ4n) is 3.72. The summed E-state index contributed by atoms with van der Waals surface area (Å²) in [5.41, 5.74) is 3.08. The van der Waals surface area contributed by atoms with Crippen LogP contribution < -0.4 is 18.9 Å². The molecule has 0 fully saturated rings. The second kappa shape index (κ2) is 9.53. The van der Waals surface area contributed by atoms with Crippen molar-refractivity contribution in [2.75, 3.05) is 28.4 Å². The van der Waals surface area contributed by atoms with Gasteiger partial charge in [-0.25, -0.2) is 4.98 Å². The number of hydrogen-bond acceptors (Lipinski definition) is 7. The molecule has 0 atom stereocenters. The van der Waals surface area contributed by atoms with E-state index in [9.17, 15) is 10.1 Å². The number of hydrogen-bond donors (Lipinski definition) is 1. The van der Waals surface area contributed by atoms with Gasteiger partial charge in [0.25, 0.3) is 5.69 Å². The van der Waals surface area contributed by atoms with Gasteiger partial charge in [-0.15, -0.1) is 0 Å². The second-order valence-electron chi connectivity index (χ2n) is 7.22. The van der Waals surface area contributed by atoms with Gasteiger partial charge in [-0.3, -0.25) is 10.1 Å². The maximum atomic E-state index is 11.5. The lowest BCUT2D eigenvalue weighted by molar-refractivity contribution is -0.384. The summed E-state index contributed by atoms with van der Waals surface area (Å²) < 4.78 is 22.0. The first-order valence-electron chi connectivity index (χ1n) is 10.3. The van der Waals surface area contributed by atoms with Crippen LogP contribution in [0.5, 0.6) is 23.0 Å². The van der Waals surface area contributed by atoms with Crippen molar-refractivity contribution in [2.24, 2.45) is 0 Å². The molecule has 0 aliphatic carbocycles. The summed E-state index contributed by atoms with van der Waals surface area (Å²) in [5, 5.41) is 11.5. The first kappa shape index (κ1) is 22.7. The fourth-order valence-corrected chi connectivity index (χ4v) is 3.72. The van der Waals surface area contributed by atoms with Crippen molar-refractivity contribution in [3.63, 3.8) is 0 Å². The summed E-state index contributed by atoms with van der Waals surface area (Å²) in [6.07, 6.45) is 0. The van der Waals surface area contributed by atoms with Gasteiger partial charge in [-0.2, -0.15) is 0 Å². The lowest BCUT2D eigenvalue weighted by Gasteiger charge is -2.12. The molecular formula is C25H23N3O6. The average molecular weight is 461 g/mol. The number of benzene rings is 3. The summed E-state index contributed by atoms with van der Waals surface area (Å²) in [5.74, 6) is 2.49. The van der Waals surface area contributed by atoms with Gasteiger partial charge in [0, 0.05) is 29.3 Å². The molecule has 0 radical (unpaired) electrons. The number of H-pyrrole nitrogens is 1. The van der Waals surface area contributed by atoms with Crippen LogP contribution >= 0.6 is 0 Å². The summed E-state index contributed by atoms with van der Waals surface area (Å²) in [4.78, 5) is 19.2. The molecule has 3 aromatic carbocycles. The maximum absolute atomic E-state index is 11.5. The molecule has 0 unspecified atom stereocenters. The van der Waals surface area contributed by atoms with Gasteiger partial charge in [0.15, 0.2) is 11.5 Å². The van der Waals surface area contributed by atoms with Gasteiger partial charge < -0.3 is 23.9 Å². The number of nitrogens with one attached hydrogen (secondary N) is 1. The monoisotopic (exact) mass is 461 g/mol. The van der Waals surface area contributed by atoms with Crippen molar-refractivity contribution in [1.82, 2.24) is 9.97 Å². The van der Waals surface area contributed by atoms with Gasteiger partial charge in [-0.05, 0) is 12.1 Å². The fraction of sp³-hybridized carbons (Fsp3) is 0.160. The third kappa shape index (κ3) is 4.11. The van der Waals surface area contributed by atoms with Gasteiger partial charge in [-0.1, -0.05) is 30.3 Å². The largest absolute Gasteiger partial charge is 0.496 e. The lowest BCUT2D eigenvalue weighted by Crippen LogP contribution is -1.96. The summed E-state index contributed by atoms with van der Waals surface area (Å²) in [7, 11) is 6.16. The van der Waals surface area contributed by atoms with E-state index in [0.29, 0.717) is 51.3 Å². The summed E-state index contributed by atoms with van der Waals surface area (Å²) in [6, 6.07) is 17.4. The van der Waals surface area contributed by atoms with Crippen molar-refractivity contribution in [3.8, 4) is 56.9 Å². The normalized spacial score (nSPS) is 10.6. The van der Waals surface area contributed by atoms with Crippen LogP contribution in [0.25, 0.3) is 33.9 Å². The molecule has 174 valence electrons. The number of nitro groups is 1. The van der Waals surface area contributed by atoms with Gasteiger partial charge >= 0.3 is 0 Å². The molecule has 9 heteroatoms. The van der Waals surface area contributed by atoms with E-state index in [1.807, 2.05) is 30.3 Å². The number of methoxy groups -OCH3 is 4. The Hall–Kier alpha value is -4.53. The summed E-state index contributed by atoms with van der Waals surface area (Å²) in [6.45, 7) is 0. The average Bonchev–Trinajstić information content (AvgIpc) is 3.33. The Labute approximate surface area is 196 Å². The van der Waals surface area contributed by atoms with E-state index in [0.717, 1.165) is 5.56 Å². The molecule has 0 saturated carbocycles. The molecule has 1 aromatic heterocycles. The number of aromatic nitrogens is 2. The van der Waals surface area contributed by atoms with Crippen molar-refractivity contribution in [2.45, 2.75) is 0 Å². The third-order valence-electron chi connectivity index (χ3n) is 5.38. The zero-order chi connectivity index (χ0) is 24.2. The Kier molecular flexibility index (Phi) is 6.35. The molecule has 1 heterocycles. The number of aromatic amines is 1. The van der Waals surface area contributed by atoms with Crippen molar-refractivity contribution in [3.05, 3.63) is 70.8 Å². The molecule has 0 spiro atoms. The minimum absolute atomic E-state index is 0.0605. The van der Waals surface area contributed by atoms with Crippen LogP contribution in [0.4, 0.5) is 5.69 Å². The highest BCUT2D eigenvalue weighted by atomic mass is 16.6. The summed E-state index contributed by atoms with van der Waals surface area (Å²) >= 11 is 0. The predicted molar refractivity (Wildman–Crippen MR) is 128 cm³/mol. The molecule has 0 amide bonds. The molecule has 4 aromatic rings. The number of imidazole rings is 1. The van der Waals surface area contributed by atoms with Gasteiger partial charge in [0.2, 0.25) is 0 Å². The van der Waals surface area contributed by atoms with Crippen LogP contribution in [0.3, 0.4) is 0 Å². The zero-order valence-corrected chi connectivity index (χ0v) is 19.1. The smallest absolute Gasteiger partial charge is 0.270 e. The number of non-ortho nitro benzene ring substituents is 1. The molecule has 34 heavy (non-hydrogen) atoms. The highest BCUT2D eigenvalue weighted by molar-refractivity contribution is 5.85. The van der Waals surface area contributed by atoms with E-state index in [2.05, 4.69) is 4.98 Å². The lowest BCUT2D eigenvalue weighted by atomic mass is 10.0. The standard InChI is InChI=1S/C25H23N3O6/c1-31-19-11-10-16(28(29)30)12-17(19)24-23(15-8-6-5-7-9-15)26-25(27-24)18-13-21(33-3)22(34-4)14-20(18)32-2/h5-14H,1-4H3,(H,26,27). The Balaban J connectivity index is 2.00. The Morgan fingerprint density at radius 2 is 1.41 bits per heavy atom. The Morgan fingerprint density at radius 3 is 2.03 bits per heavy atom.